The molecule has 2 atom stereocenters. The average molecular weight is 370 g/mol. The maximum absolute atomic E-state index is 12.3. The van der Waals surface area contributed by atoms with Crippen molar-refractivity contribution in [3.8, 4) is 5.75 Å². The second kappa shape index (κ2) is 7.63. The lowest BCUT2D eigenvalue weighted by Gasteiger charge is -2.25. The molecule has 1 aromatic rings. The number of ether oxygens (including phenoxy) is 1. The highest BCUT2D eigenvalue weighted by molar-refractivity contribution is 9.10. The molecule has 0 saturated heterocycles. The number of benzene rings is 1. The number of hydrogen-bond donors (Lipinski definition) is 2. The number of hydrogen-bond acceptors (Lipinski definition) is 3. The number of nitrogens with one attached hydrogen (secondary N) is 1. The molecule has 120 valence electrons. The van der Waals surface area contributed by atoms with Gasteiger partial charge in [0.05, 0.1) is 13.0 Å². The van der Waals surface area contributed by atoms with Crippen LogP contribution in [0.3, 0.4) is 0 Å². The number of carbonyl (C=O) groups is 2. The van der Waals surface area contributed by atoms with Gasteiger partial charge >= 0.3 is 5.97 Å². The van der Waals surface area contributed by atoms with Crippen molar-refractivity contribution < 1.29 is 19.4 Å². The number of carbonyl (C=O) groups excluding carboxylic acids is 1. The van der Waals surface area contributed by atoms with Crippen molar-refractivity contribution in [2.75, 3.05) is 7.11 Å². The molecule has 1 fully saturated rings. The largest absolute Gasteiger partial charge is 0.496 e. The van der Waals surface area contributed by atoms with Gasteiger partial charge in [-0.15, -0.1) is 0 Å². The zero-order chi connectivity index (χ0) is 16.1. The van der Waals surface area contributed by atoms with E-state index in [0.29, 0.717) is 19.4 Å². The van der Waals surface area contributed by atoms with E-state index in [1.807, 2.05) is 18.2 Å². The topological polar surface area (TPSA) is 75.6 Å². The van der Waals surface area contributed by atoms with Gasteiger partial charge in [-0.1, -0.05) is 22.4 Å². The molecule has 1 aromatic carbocycles. The molecule has 0 spiro atoms. The van der Waals surface area contributed by atoms with Gasteiger partial charge in [0.1, 0.15) is 5.75 Å². The zero-order valence-corrected chi connectivity index (χ0v) is 14.1. The second-order valence-electron chi connectivity index (χ2n) is 5.57. The molecule has 0 aliphatic heterocycles. The van der Waals surface area contributed by atoms with Crippen LogP contribution in [-0.2, 0) is 16.1 Å². The molecule has 6 heteroatoms. The Morgan fingerprint density at radius 1 is 1.36 bits per heavy atom. The number of methoxy groups -OCH3 is 1. The van der Waals surface area contributed by atoms with Crippen LogP contribution in [0.1, 0.15) is 31.2 Å². The molecule has 22 heavy (non-hydrogen) atoms. The summed E-state index contributed by atoms with van der Waals surface area (Å²) < 4.78 is 6.19. The third-order valence-electron chi connectivity index (χ3n) is 4.09. The summed E-state index contributed by atoms with van der Waals surface area (Å²) in [7, 11) is 1.59. The first-order valence-electron chi connectivity index (χ1n) is 7.34. The summed E-state index contributed by atoms with van der Waals surface area (Å²) >= 11 is 3.40. The van der Waals surface area contributed by atoms with E-state index in [1.165, 1.54) is 0 Å². The van der Waals surface area contributed by atoms with Crippen LogP contribution >= 0.6 is 15.9 Å². The number of halogens is 1. The monoisotopic (exact) mass is 369 g/mol. The van der Waals surface area contributed by atoms with Crippen LogP contribution in [-0.4, -0.2) is 24.1 Å². The molecule has 0 aromatic heterocycles. The summed E-state index contributed by atoms with van der Waals surface area (Å²) in [6.07, 6.45) is 2.63. The van der Waals surface area contributed by atoms with E-state index in [2.05, 4.69) is 21.2 Å². The fourth-order valence-corrected chi connectivity index (χ4v) is 3.27. The third-order valence-corrected chi connectivity index (χ3v) is 4.58. The van der Waals surface area contributed by atoms with E-state index >= 15 is 0 Å². The third kappa shape index (κ3) is 4.22. The van der Waals surface area contributed by atoms with Crippen molar-refractivity contribution >= 4 is 27.8 Å². The molecular weight excluding hydrogens is 350 g/mol. The first kappa shape index (κ1) is 16.8. The molecule has 0 bridgehead atoms. The average Bonchev–Trinajstić information content (AvgIpc) is 2.52. The molecule has 0 radical (unpaired) electrons. The summed E-state index contributed by atoms with van der Waals surface area (Å²) in [6.45, 7) is 0.371. The van der Waals surface area contributed by atoms with Gasteiger partial charge in [0.25, 0.3) is 0 Å². The van der Waals surface area contributed by atoms with Gasteiger partial charge in [0, 0.05) is 22.5 Å². The molecule has 2 N–H and O–H groups in total. The quantitative estimate of drug-likeness (QED) is 0.836. The van der Waals surface area contributed by atoms with E-state index in [4.69, 9.17) is 9.84 Å². The minimum atomic E-state index is -0.800. The summed E-state index contributed by atoms with van der Waals surface area (Å²) in [6, 6.07) is 5.62. The van der Waals surface area contributed by atoms with Crippen molar-refractivity contribution in [2.45, 2.75) is 32.2 Å². The molecule has 1 aliphatic rings. The molecule has 1 amide bonds. The minimum Gasteiger partial charge on any atom is -0.496 e. The lowest BCUT2D eigenvalue weighted by atomic mass is 9.81. The van der Waals surface area contributed by atoms with Crippen molar-refractivity contribution in [3.05, 3.63) is 28.2 Å². The van der Waals surface area contributed by atoms with E-state index in [1.54, 1.807) is 7.11 Å². The van der Waals surface area contributed by atoms with E-state index in [9.17, 15) is 9.59 Å². The molecule has 1 saturated carbocycles. The molecular formula is C16H20BrNO4. The molecule has 1 aliphatic carbocycles. The van der Waals surface area contributed by atoms with Gasteiger partial charge in [-0.25, -0.2) is 0 Å². The number of carboxylic acid groups (broad SMARTS) is 1. The lowest BCUT2D eigenvalue weighted by molar-refractivity contribution is -0.144. The maximum atomic E-state index is 12.3. The summed E-state index contributed by atoms with van der Waals surface area (Å²) in [5.41, 5.74) is 0.885. The summed E-state index contributed by atoms with van der Waals surface area (Å²) in [5.74, 6) is -0.771. The Morgan fingerprint density at radius 2 is 2.09 bits per heavy atom. The van der Waals surface area contributed by atoms with Crippen LogP contribution in [0.15, 0.2) is 22.7 Å². The van der Waals surface area contributed by atoms with Gasteiger partial charge in [-0.2, -0.15) is 0 Å². The Balaban J connectivity index is 1.95. The fourth-order valence-electron chi connectivity index (χ4n) is 2.86. The predicted molar refractivity (Wildman–Crippen MR) is 85.6 cm³/mol. The van der Waals surface area contributed by atoms with E-state index in [-0.39, 0.29) is 11.8 Å². The Kier molecular flexibility index (Phi) is 5.83. The Bertz CT molecular complexity index is 561. The normalized spacial score (nSPS) is 21.2. The summed E-state index contributed by atoms with van der Waals surface area (Å²) in [4.78, 5) is 23.3. The van der Waals surface area contributed by atoms with Gasteiger partial charge < -0.3 is 15.2 Å². The number of rotatable bonds is 5. The number of amides is 1. The highest BCUT2D eigenvalue weighted by Crippen LogP contribution is 2.29. The predicted octanol–water partition coefficient (Wildman–Crippen LogP) is 2.96. The number of aliphatic carboxylic acids is 1. The van der Waals surface area contributed by atoms with E-state index < -0.39 is 11.9 Å². The Labute approximate surface area is 138 Å². The van der Waals surface area contributed by atoms with E-state index in [0.717, 1.165) is 28.6 Å². The highest BCUT2D eigenvalue weighted by atomic mass is 79.9. The smallest absolute Gasteiger partial charge is 0.306 e. The maximum Gasteiger partial charge on any atom is 0.306 e. The zero-order valence-electron chi connectivity index (χ0n) is 12.5. The standard InChI is InChI=1S/C16H20BrNO4/c1-22-14-6-5-13(17)8-12(14)9-18-15(19)10-3-2-4-11(7-10)16(20)21/h5-6,8,10-11H,2-4,7,9H2,1H3,(H,18,19)(H,20,21). The minimum absolute atomic E-state index is 0.0759. The Hall–Kier alpha value is -1.56. The highest BCUT2D eigenvalue weighted by Gasteiger charge is 2.30. The lowest BCUT2D eigenvalue weighted by Crippen LogP contribution is -2.35. The molecule has 2 rings (SSSR count). The number of carboxylic acids is 1. The van der Waals surface area contributed by atoms with Crippen molar-refractivity contribution in [3.63, 3.8) is 0 Å². The first-order valence-corrected chi connectivity index (χ1v) is 8.13. The van der Waals surface area contributed by atoms with Crippen LogP contribution in [0, 0.1) is 11.8 Å². The molecule has 5 nitrogen and oxygen atoms in total. The van der Waals surface area contributed by atoms with Crippen LogP contribution in [0.5, 0.6) is 5.75 Å². The molecule has 0 heterocycles. The molecule has 2 unspecified atom stereocenters. The van der Waals surface area contributed by atoms with Gasteiger partial charge in [-0.05, 0) is 37.5 Å². The van der Waals surface area contributed by atoms with Crippen LogP contribution < -0.4 is 10.1 Å². The van der Waals surface area contributed by atoms with Crippen LogP contribution in [0.25, 0.3) is 0 Å². The van der Waals surface area contributed by atoms with Crippen LogP contribution in [0.4, 0.5) is 0 Å². The van der Waals surface area contributed by atoms with Crippen molar-refractivity contribution in [1.29, 1.82) is 0 Å². The summed E-state index contributed by atoms with van der Waals surface area (Å²) in [5, 5.41) is 12.0. The van der Waals surface area contributed by atoms with Crippen LogP contribution in [0.2, 0.25) is 0 Å². The van der Waals surface area contributed by atoms with Crippen molar-refractivity contribution in [1.82, 2.24) is 5.32 Å². The second-order valence-corrected chi connectivity index (χ2v) is 6.49. The van der Waals surface area contributed by atoms with Crippen molar-refractivity contribution in [2.24, 2.45) is 11.8 Å². The van der Waals surface area contributed by atoms with Gasteiger partial charge in [0.2, 0.25) is 5.91 Å². The SMILES string of the molecule is COc1ccc(Br)cc1CNC(=O)C1CCCC(C(=O)O)C1. The first-order chi connectivity index (χ1) is 10.5. The fraction of sp³-hybridized carbons (Fsp3) is 0.500. The Morgan fingerprint density at radius 3 is 2.77 bits per heavy atom. The van der Waals surface area contributed by atoms with Gasteiger partial charge in [-0.3, -0.25) is 9.59 Å². The van der Waals surface area contributed by atoms with Gasteiger partial charge in [0.15, 0.2) is 0 Å².